The lowest BCUT2D eigenvalue weighted by atomic mass is 10.2. The molecule has 0 saturated carbocycles. The molecular formula is C12H15Cl2N3. The predicted octanol–water partition coefficient (Wildman–Crippen LogP) is 2.57. The lowest BCUT2D eigenvalue weighted by Crippen LogP contribution is -2.41. The summed E-state index contributed by atoms with van der Waals surface area (Å²) in [6.45, 7) is 4.01. The third-order valence-corrected chi connectivity index (χ3v) is 3.36. The van der Waals surface area contributed by atoms with Crippen LogP contribution in [-0.2, 0) is 0 Å². The van der Waals surface area contributed by atoms with Gasteiger partial charge in [0.2, 0.25) is 0 Å². The van der Waals surface area contributed by atoms with Gasteiger partial charge in [-0.25, -0.2) is 0 Å². The van der Waals surface area contributed by atoms with Gasteiger partial charge >= 0.3 is 0 Å². The Bertz CT molecular complexity index is 412. The van der Waals surface area contributed by atoms with E-state index in [0.29, 0.717) is 10.0 Å². The van der Waals surface area contributed by atoms with Crippen molar-refractivity contribution in [1.82, 2.24) is 9.91 Å². The summed E-state index contributed by atoms with van der Waals surface area (Å²) in [5.41, 5.74) is 0.898. The second-order valence-corrected chi connectivity index (χ2v) is 5.01. The van der Waals surface area contributed by atoms with Gasteiger partial charge < -0.3 is 4.90 Å². The van der Waals surface area contributed by atoms with Crippen LogP contribution >= 0.6 is 23.2 Å². The van der Waals surface area contributed by atoms with E-state index in [2.05, 4.69) is 22.1 Å². The van der Waals surface area contributed by atoms with Gasteiger partial charge in [-0.15, -0.1) is 0 Å². The lowest BCUT2D eigenvalue weighted by molar-refractivity contribution is 0.159. The average molecular weight is 272 g/mol. The zero-order chi connectivity index (χ0) is 12.3. The molecule has 1 fully saturated rings. The molecule has 1 aliphatic rings. The minimum Gasteiger partial charge on any atom is -0.303 e. The molecule has 0 bridgehead atoms. The molecule has 0 aromatic heterocycles. The molecule has 1 aromatic rings. The summed E-state index contributed by atoms with van der Waals surface area (Å²) in [4.78, 5) is 2.29. The molecule has 1 aromatic carbocycles. The van der Waals surface area contributed by atoms with Crippen LogP contribution in [0.5, 0.6) is 0 Å². The van der Waals surface area contributed by atoms with Gasteiger partial charge in [0, 0.05) is 36.8 Å². The highest BCUT2D eigenvalue weighted by atomic mass is 35.5. The number of hydrogen-bond donors (Lipinski definition) is 0. The number of hydrazone groups is 1. The van der Waals surface area contributed by atoms with Crippen molar-refractivity contribution in [1.29, 1.82) is 0 Å². The molecule has 17 heavy (non-hydrogen) atoms. The van der Waals surface area contributed by atoms with Crippen LogP contribution in [0.2, 0.25) is 10.0 Å². The Labute approximate surface area is 112 Å². The van der Waals surface area contributed by atoms with Crippen LogP contribution in [-0.4, -0.2) is 49.4 Å². The highest BCUT2D eigenvalue weighted by molar-refractivity contribution is 6.36. The predicted molar refractivity (Wildman–Crippen MR) is 73.1 cm³/mol. The van der Waals surface area contributed by atoms with E-state index < -0.39 is 0 Å². The van der Waals surface area contributed by atoms with Gasteiger partial charge in [-0.3, -0.25) is 5.01 Å². The Kier molecular flexibility index (Phi) is 4.26. The van der Waals surface area contributed by atoms with E-state index in [1.54, 1.807) is 12.3 Å². The smallest absolute Gasteiger partial charge is 0.0557 e. The second kappa shape index (κ2) is 5.71. The highest BCUT2D eigenvalue weighted by Crippen LogP contribution is 2.19. The van der Waals surface area contributed by atoms with Crippen molar-refractivity contribution in [3.8, 4) is 0 Å². The molecule has 5 heteroatoms. The van der Waals surface area contributed by atoms with E-state index in [9.17, 15) is 0 Å². The Morgan fingerprint density at radius 3 is 2.53 bits per heavy atom. The van der Waals surface area contributed by atoms with Crippen LogP contribution in [0.3, 0.4) is 0 Å². The normalized spacial score (nSPS) is 17.9. The topological polar surface area (TPSA) is 18.8 Å². The zero-order valence-electron chi connectivity index (χ0n) is 9.74. The summed E-state index contributed by atoms with van der Waals surface area (Å²) < 4.78 is 0. The SMILES string of the molecule is CN1CCN(/N=C/c2ccc(Cl)cc2Cl)CC1. The molecule has 1 aliphatic heterocycles. The number of piperazine rings is 1. The number of hydrogen-bond acceptors (Lipinski definition) is 3. The van der Waals surface area contributed by atoms with E-state index >= 15 is 0 Å². The van der Waals surface area contributed by atoms with Crippen molar-refractivity contribution in [2.45, 2.75) is 0 Å². The van der Waals surface area contributed by atoms with E-state index in [-0.39, 0.29) is 0 Å². The van der Waals surface area contributed by atoms with Crippen molar-refractivity contribution < 1.29 is 0 Å². The monoisotopic (exact) mass is 271 g/mol. The van der Waals surface area contributed by atoms with Crippen molar-refractivity contribution in [2.24, 2.45) is 5.10 Å². The van der Waals surface area contributed by atoms with E-state index in [0.717, 1.165) is 31.7 Å². The molecule has 2 rings (SSSR count). The standard InChI is InChI=1S/C12H15Cl2N3/c1-16-4-6-17(7-5-16)15-9-10-2-3-11(13)8-12(10)14/h2-3,8-9H,4-7H2,1H3/b15-9+. The van der Waals surface area contributed by atoms with Crippen LogP contribution in [0.25, 0.3) is 0 Å². The first-order valence-corrected chi connectivity index (χ1v) is 6.33. The fourth-order valence-electron chi connectivity index (χ4n) is 1.66. The summed E-state index contributed by atoms with van der Waals surface area (Å²) >= 11 is 11.9. The molecule has 3 nitrogen and oxygen atoms in total. The summed E-state index contributed by atoms with van der Waals surface area (Å²) in [5.74, 6) is 0. The number of benzene rings is 1. The molecule has 0 radical (unpaired) electrons. The van der Waals surface area contributed by atoms with Gasteiger partial charge in [0.25, 0.3) is 0 Å². The van der Waals surface area contributed by atoms with Gasteiger partial charge in [-0.2, -0.15) is 5.10 Å². The largest absolute Gasteiger partial charge is 0.303 e. The zero-order valence-corrected chi connectivity index (χ0v) is 11.2. The molecule has 0 unspecified atom stereocenters. The maximum atomic E-state index is 6.07. The van der Waals surface area contributed by atoms with Gasteiger partial charge in [-0.05, 0) is 19.2 Å². The van der Waals surface area contributed by atoms with Crippen LogP contribution in [0.15, 0.2) is 23.3 Å². The Morgan fingerprint density at radius 2 is 1.88 bits per heavy atom. The molecule has 0 amide bonds. The maximum absolute atomic E-state index is 6.07. The van der Waals surface area contributed by atoms with Crippen LogP contribution in [0, 0.1) is 0 Å². The molecular weight excluding hydrogens is 257 g/mol. The molecule has 1 saturated heterocycles. The van der Waals surface area contributed by atoms with Crippen LogP contribution in [0.1, 0.15) is 5.56 Å². The molecule has 92 valence electrons. The molecule has 0 N–H and O–H groups in total. The van der Waals surface area contributed by atoms with E-state index in [4.69, 9.17) is 23.2 Å². The molecule has 0 aliphatic carbocycles. The van der Waals surface area contributed by atoms with Crippen molar-refractivity contribution in [3.63, 3.8) is 0 Å². The number of likely N-dealkylation sites (N-methyl/N-ethyl adjacent to an activating group) is 1. The van der Waals surface area contributed by atoms with Crippen molar-refractivity contribution >= 4 is 29.4 Å². The fourth-order valence-corrected chi connectivity index (χ4v) is 2.12. The first-order valence-electron chi connectivity index (χ1n) is 5.57. The maximum Gasteiger partial charge on any atom is 0.0557 e. The minimum atomic E-state index is 0.635. The van der Waals surface area contributed by atoms with Crippen molar-refractivity contribution in [3.05, 3.63) is 33.8 Å². The first-order chi connectivity index (χ1) is 8.15. The van der Waals surface area contributed by atoms with Gasteiger partial charge in [-0.1, -0.05) is 29.3 Å². The number of rotatable bonds is 2. The first kappa shape index (κ1) is 12.7. The fraction of sp³-hybridized carbons (Fsp3) is 0.417. The quantitative estimate of drug-likeness (QED) is 0.770. The minimum absolute atomic E-state index is 0.635. The Hall–Kier alpha value is -0.770. The van der Waals surface area contributed by atoms with Gasteiger partial charge in [0.1, 0.15) is 0 Å². The molecule has 0 atom stereocenters. The summed E-state index contributed by atoms with van der Waals surface area (Å²) in [7, 11) is 2.12. The number of halogens is 2. The summed E-state index contributed by atoms with van der Waals surface area (Å²) in [5, 5.41) is 7.77. The van der Waals surface area contributed by atoms with Crippen LogP contribution in [0.4, 0.5) is 0 Å². The number of nitrogens with zero attached hydrogens (tertiary/aromatic N) is 3. The molecule has 1 heterocycles. The summed E-state index contributed by atoms with van der Waals surface area (Å²) in [6.07, 6.45) is 1.80. The third kappa shape index (κ3) is 3.60. The third-order valence-electron chi connectivity index (χ3n) is 2.80. The van der Waals surface area contributed by atoms with Gasteiger partial charge in [0.05, 0.1) is 11.2 Å². The Balaban J connectivity index is 2.00. The lowest BCUT2D eigenvalue weighted by Gasteiger charge is -2.30. The van der Waals surface area contributed by atoms with Crippen molar-refractivity contribution in [2.75, 3.05) is 33.2 Å². The van der Waals surface area contributed by atoms with Gasteiger partial charge in [0.15, 0.2) is 0 Å². The second-order valence-electron chi connectivity index (χ2n) is 4.17. The summed E-state index contributed by atoms with van der Waals surface area (Å²) in [6, 6.07) is 5.43. The Morgan fingerprint density at radius 1 is 1.18 bits per heavy atom. The van der Waals surface area contributed by atoms with E-state index in [1.807, 2.05) is 12.1 Å². The molecule has 0 spiro atoms. The van der Waals surface area contributed by atoms with E-state index in [1.165, 1.54) is 0 Å². The van der Waals surface area contributed by atoms with Crippen LogP contribution < -0.4 is 0 Å². The highest BCUT2D eigenvalue weighted by Gasteiger charge is 2.10. The average Bonchev–Trinajstić information content (AvgIpc) is 2.30.